The minimum Gasteiger partial charge on any atom is -0.497 e. The molecule has 0 aliphatic rings. The van der Waals surface area contributed by atoms with Gasteiger partial charge in [0.05, 0.1) is 7.11 Å². The summed E-state index contributed by atoms with van der Waals surface area (Å²) in [6.07, 6.45) is 0. The molecule has 0 aromatic heterocycles. The van der Waals surface area contributed by atoms with Gasteiger partial charge in [0.25, 0.3) is 0 Å². The second-order valence-electron chi connectivity index (χ2n) is 5.43. The molecular formula is C14H22FNO. The van der Waals surface area contributed by atoms with Crippen molar-refractivity contribution in [3.05, 3.63) is 29.6 Å². The van der Waals surface area contributed by atoms with E-state index in [1.54, 1.807) is 12.1 Å². The lowest BCUT2D eigenvalue weighted by molar-refractivity contribution is 0.284. The number of nitrogens with one attached hydrogen (secondary N) is 1. The van der Waals surface area contributed by atoms with E-state index in [2.05, 4.69) is 33.0 Å². The van der Waals surface area contributed by atoms with Crippen LogP contribution < -0.4 is 10.1 Å². The number of hydrogen-bond acceptors (Lipinski definition) is 2. The molecule has 0 aliphatic heterocycles. The maximum Gasteiger partial charge on any atom is 0.131 e. The smallest absolute Gasteiger partial charge is 0.131 e. The molecule has 1 N–H and O–H groups in total. The monoisotopic (exact) mass is 239 g/mol. The van der Waals surface area contributed by atoms with Crippen LogP contribution in [0.4, 0.5) is 4.39 Å². The van der Waals surface area contributed by atoms with Crippen LogP contribution in [0.5, 0.6) is 5.75 Å². The van der Waals surface area contributed by atoms with E-state index in [0.29, 0.717) is 23.9 Å². The van der Waals surface area contributed by atoms with Crippen LogP contribution in [0.1, 0.15) is 33.3 Å². The van der Waals surface area contributed by atoms with Gasteiger partial charge in [-0.2, -0.15) is 0 Å². The van der Waals surface area contributed by atoms with Crippen molar-refractivity contribution < 1.29 is 9.13 Å². The van der Waals surface area contributed by atoms with Gasteiger partial charge >= 0.3 is 0 Å². The van der Waals surface area contributed by atoms with Gasteiger partial charge in [-0.3, -0.25) is 0 Å². The first-order chi connectivity index (χ1) is 7.84. The summed E-state index contributed by atoms with van der Waals surface area (Å²) < 4.78 is 18.6. The van der Waals surface area contributed by atoms with E-state index >= 15 is 0 Å². The van der Waals surface area contributed by atoms with Crippen molar-refractivity contribution in [2.75, 3.05) is 7.11 Å². The Morgan fingerprint density at radius 3 is 2.47 bits per heavy atom. The fraction of sp³-hybridized carbons (Fsp3) is 0.571. The van der Waals surface area contributed by atoms with E-state index in [9.17, 15) is 4.39 Å². The van der Waals surface area contributed by atoms with Crippen LogP contribution in [0.2, 0.25) is 0 Å². The van der Waals surface area contributed by atoms with Gasteiger partial charge in [-0.1, -0.05) is 26.8 Å². The number of rotatable bonds is 4. The molecule has 17 heavy (non-hydrogen) atoms. The van der Waals surface area contributed by atoms with Crippen LogP contribution in [0.3, 0.4) is 0 Å². The third-order valence-corrected chi connectivity index (χ3v) is 3.16. The lowest BCUT2D eigenvalue weighted by atomic mass is 9.88. The molecule has 1 atom stereocenters. The van der Waals surface area contributed by atoms with Crippen molar-refractivity contribution in [2.45, 2.75) is 40.3 Å². The summed E-state index contributed by atoms with van der Waals surface area (Å²) in [4.78, 5) is 0. The molecule has 0 radical (unpaired) electrons. The molecule has 96 valence electrons. The van der Waals surface area contributed by atoms with E-state index in [0.717, 1.165) is 0 Å². The van der Waals surface area contributed by atoms with E-state index < -0.39 is 0 Å². The van der Waals surface area contributed by atoms with Crippen molar-refractivity contribution in [2.24, 2.45) is 5.41 Å². The topological polar surface area (TPSA) is 21.3 Å². The Balaban J connectivity index is 2.64. The largest absolute Gasteiger partial charge is 0.497 e. The van der Waals surface area contributed by atoms with E-state index in [-0.39, 0.29) is 11.2 Å². The minimum absolute atomic E-state index is 0.170. The molecule has 0 saturated carbocycles. The number of methoxy groups -OCH3 is 1. The molecule has 0 spiro atoms. The third kappa shape index (κ3) is 4.00. The van der Waals surface area contributed by atoms with Gasteiger partial charge in [-0.15, -0.1) is 0 Å². The van der Waals surface area contributed by atoms with Crippen molar-refractivity contribution in [1.82, 2.24) is 5.32 Å². The average molecular weight is 239 g/mol. The first kappa shape index (κ1) is 14.0. The molecule has 0 saturated heterocycles. The fourth-order valence-corrected chi connectivity index (χ4v) is 1.37. The molecular weight excluding hydrogens is 217 g/mol. The predicted molar refractivity (Wildman–Crippen MR) is 68.7 cm³/mol. The molecule has 3 heteroatoms. The van der Waals surface area contributed by atoms with Crippen molar-refractivity contribution in [3.63, 3.8) is 0 Å². The standard InChI is InChI=1S/C14H22FNO/c1-10(14(2,3)4)16-9-11-6-7-12(17-5)8-13(11)15/h6-8,10,16H,9H2,1-5H3. The minimum atomic E-state index is -0.224. The third-order valence-electron chi connectivity index (χ3n) is 3.16. The number of hydrogen-bond donors (Lipinski definition) is 1. The Morgan fingerprint density at radius 1 is 1.35 bits per heavy atom. The van der Waals surface area contributed by atoms with E-state index in [1.165, 1.54) is 13.2 Å². The summed E-state index contributed by atoms with van der Waals surface area (Å²) in [6, 6.07) is 5.28. The van der Waals surface area contributed by atoms with Crippen LogP contribution in [-0.4, -0.2) is 13.2 Å². The van der Waals surface area contributed by atoms with E-state index in [4.69, 9.17) is 4.74 Å². The summed E-state index contributed by atoms with van der Waals surface area (Å²) in [7, 11) is 1.54. The van der Waals surface area contributed by atoms with Crippen LogP contribution in [0.15, 0.2) is 18.2 Å². The molecule has 0 aliphatic carbocycles. The van der Waals surface area contributed by atoms with Gasteiger partial charge in [-0.05, 0) is 18.4 Å². The Labute approximate surface area is 103 Å². The Morgan fingerprint density at radius 2 is 2.00 bits per heavy atom. The van der Waals surface area contributed by atoms with Crippen molar-refractivity contribution in [3.8, 4) is 5.75 Å². The Hall–Kier alpha value is -1.09. The molecule has 0 amide bonds. The molecule has 0 bridgehead atoms. The number of halogens is 1. The molecule has 1 aromatic carbocycles. The highest BCUT2D eigenvalue weighted by Gasteiger charge is 2.19. The van der Waals surface area contributed by atoms with Gasteiger partial charge in [0.2, 0.25) is 0 Å². The second-order valence-corrected chi connectivity index (χ2v) is 5.43. The van der Waals surface area contributed by atoms with Crippen molar-refractivity contribution in [1.29, 1.82) is 0 Å². The first-order valence-electron chi connectivity index (χ1n) is 5.90. The zero-order valence-corrected chi connectivity index (χ0v) is 11.3. The molecule has 1 rings (SSSR count). The highest BCUT2D eigenvalue weighted by molar-refractivity contribution is 5.28. The Bertz CT molecular complexity index is 371. The van der Waals surface area contributed by atoms with Gasteiger partial charge in [0.15, 0.2) is 0 Å². The van der Waals surface area contributed by atoms with Crippen molar-refractivity contribution >= 4 is 0 Å². The van der Waals surface area contributed by atoms with E-state index in [1.807, 2.05) is 0 Å². The Kier molecular flexibility index (Phi) is 4.52. The van der Waals surface area contributed by atoms with Gasteiger partial charge < -0.3 is 10.1 Å². The van der Waals surface area contributed by atoms with Crippen LogP contribution in [0.25, 0.3) is 0 Å². The predicted octanol–water partition coefficient (Wildman–Crippen LogP) is 3.36. The lowest BCUT2D eigenvalue weighted by Gasteiger charge is -2.28. The quantitative estimate of drug-likeness (QED) is 0.870. The zero-order valence-electron chi connectivity index (χ0n) is 11.3. The highest BCUT2D eigenvalue weighted by Crippen LogP contribution is 2.20. The lowest BCUT2D eigenvalue weighted by Crippen LogP contribution is -2.37. The highest BCUT2D eigenvalue weighted by atomic mass is 19.1. The summed E-state index contributed by atoms with van der Waals surface area (Å²) >= 11 is 0. The summed E-state index contributed by atoms with van der Waals surface area (Å²) in [5.74, 6) is 0.327. The zero-order chi connectivity index (χ0) is 13.1. The normalized spacial score (nSPS) is 13.5. The van der Waals surface area contributed by atoms with Crippen LogP contribution in [-0.2, 0) is 6.54 Å². The number of benzene rings is 1. The number of ether oxygens (including phenoxy) is 1. The second kappa shape index (κ2) is 5.50. The van der Waals surface area contributed by atoms with Gasteiger partial charge in [0.1, 0.15) is 11.6 Å². The maximum absolute atomic E-state index is 13.7. The van der Waals surface area contributed by atoms with Crippen LogP contribution >= 0.6 is 0 Å². The molecule has 0 heterocycles. The van der Waals surface area contributed by atoms with Gasteiger partial charge in [0, 0.05) is 24.2 Å². The maximum atomic E-state index is 13.7. The molecule has 0 fully saturated rings. The summed E-state index contributed by atoms with van der Waals surface area (Å²) in [6.45, 7) is 9.13. The first-order valence-corrected chi connectivity index (χ1v) is 5.90. The fourth-order valence-electron chi connectivity index (χ4n) is 1.37. The SMILES string of the molecule is COc1ccc(CNC(C)C(C)(C)C)c(F)c1. The van der Waals surface area contributed by atoms with Gasteiger partial charge in [-0.25, -0.2) is 4.39 Å². The average Bonchev–Trinajstić information content (AvgIpc) is 2.25. The molecule has 1 unspecified atom stereocenters. The summed E-state index contributed by atoms with van der Waals surface area (Å²) in [5, 5.41) is 3.34. The molecule has 1 aromatic rings. The summed E-state index contributed by atoms with van der Waals surface area (Å²) in [5.41, 5.74) is 0.838. The van der Waals surface area contributed by atoms with Crippen LogP contribution in [0, 0.1) is 11.2 Å². The molecule has 2 nitrogen and oxygen atoms in total.